The summed E-state index contributed by atoms with van der Waals surface area (Å²) in [5.74, 6) is 1.26. The molecule has 1 fully saturated rings. The molecule has 1 atom stereocenters. The van der Waals surface area contributed by atoms with Crippen LogP contribution in [0.1, 0.15) is 47.6 Å². The maximum Gasteiger partial charge on any atom is 0.255 e. The van der Waals surface area contributed by atoms with Crippen LogP contribution in [-0.2, 0) is 0 Å². The molecule has 152 valence electrons. The topological polar surface area (TPSA) is 67.6 Å². The predicted octanol–water partition coefficient (Wildman–Crippen LogP) is 4.10. The molecule has 2 aromatic heterocycles. The summed E-state index contributed by atoms with van der Waals surface area (Å²) in [7, 11) is 2.11. The lowest BCUT2D eigenvalue weighted by Crippen LogP contribution is -2.43. The predicted molar refractivity (Wildman–Crippen MR) is 112 cm³/mol. The minimum Gasteiger partial charge on any atom is -0.486 e. The number of aromatic nitrogens is 1. The highest BCUT2D eigenvalue weighted by atomic mass is 16.5. The molecule has 29 heavy (non-hydrogen) atoms. The maximum atomic E-state index is 13.0. The van der Waals surface area contributed by atoms with Crippen LogP contribution in [0.4, 0.5) is 0 Å². The van der Waals surface area contributed by atoms with Crippen LogP contribution >= 0.6 is 0 Å². The summed E-state index contributed by atoms with van der Waals surface area (Å²) in [6.07, 6.45) is 5.32. The standard InChI is InChI=1S/C23H27N3O3/c1-15(17-6-10-24-11-7-17)28-19-4-5-21-20(14-19)22(16(2)29-21)23(27)25-18-8-12-26(3)13-9-18/h4-7,10-11,14-15,18H,8-9,12-13H2,1-3H3,(H,25,27). The molecule has 3 aromatic rings. The minimum atomic E-state index is -0.125. The lowest BCUT2D eigenvalue weighted by Gasteiger charge is -2.29. The second-order valence-corrected chi connectivity index (χ2v) is 7.78. The third kappa shape index (κ3) is 4.27. The van der Waals surface area contributed by atoms with Gasteiger partial charge in [-0.25, -0.2) is 0 Å². The van der Waals surface area contributed by atoms with E-state index in [-0.39, 0.29) is 18.1 Å². The van der Waals surface area contributed by atoms with Crippen molar-refractivity contribution in [1.82, 2.24) is 15.2 Å². The Bertz CT molecular complexity index is 991. The quantitative estimate of drug-likeness (QED) is 0.707. The molecule has 0 bridgehead atoms. The number of hydrogen-bond donors (Lipinski definition) is 1. The average molecular weight is 393 g/mol. The fraction of sp³-hybridized carbons (Fsp3) is 0.391. The van der Waals surface area contributed by atoms with E-state index in [2.05, 4.69) is 22.2 Å². The fourth-order valence-electron chi connectivity index (χ4n) is 3.87. The summed E-state index contributed by atoms with van der Waals surface area (Å²) < 4.78 is 11.9. The highest BCUT2D eigenvalue weighted by Gasteiger charge is 2.24. The van der Waals surface area contributed by atoms with Crippen molar-refractivity contribution in [3.63, 3.8) is 0 Å². The molecule has 1 amide bonds. The van der Waals surface area contributed by atoms with Crippen LogP contribution in [0.3, 0.4) is 0 Å². The van der Waals surface area contributed by atoms with E-state index >= 15 is 0 Å². The summed E-state index contributed by atoms with van der Waals surface area (Å²) in [5.41, 5.74) is 2.34. The molecule has 1 aromatic carbocycles. The van der Waals surface area contributed by atoms with Crippen molar-refractivity contribution in [1.29, 1.82) is 0 Å². The Morgan fingerprint density at radius 1 is 1.24 bits per heavy atom. The molecule has 6 nitrogen and oxygen atoms in total. The number of pyridine rings is 1. The molecule has 0 radical (unpaired) electrons. The first-order chi connectivity index (χ1) is 14.0. The molecule has 1 saturated heterocycles. The summed E-state index contributed by atoms with van der Waals surface area (Å²) in [6.45, 7) is 5.83. The molecule has 1 N–H and O–H groups in total. The van der Waals surface area contributed by atoms with Gasteiger partial charge >= 0.3 is 0 Å². The van der Waals surface area contributed by atoms with Crippen molar-refractivity contribution in [2.45, 2.75) is 38.8 Å². The van der Waals surface area contributed by atoms with Gasteiger partial charge in [0.15, 0.2) is 0 Å². The van der Waals surface area contributed by atoms with Gasteiger partial charge in [0.2, 0.25) is 0 Å². The van der Waals surface area contributed by atoms with Crippen molar-refractivity contribution < 1.29 is 13.9 Å². The van der Waals surface area contributed by atoms with E-state index in [9.17, 15) is 4.79 Å². The molecule has 4 rings (SSSR count). The Kier molecular flexibility index (Phi) is 5.53. The van der Waals surface area contributed by atoms with Crippen LogP contribution in [0, 0.1) is 6.92 Å². The average Bonchev–Trinajstić information content (AvgIpc) is 3.05. The van der Waals surface area contributed by atoms with E-state index < -0.39 is 0 Å². The van der Waals surface area contributed by atoms with Crippen molar-refractivity contribution in [3.05, 3.63) is 59.6 Å². The second kappa shape index (κ2) is 8.25. The number of aryl methyl sites for hydroxylation is 1. The van der Waals surface area contributed by atoms with E-state index in [1.54, 1.807) is 12.4 Å². The lowest BCUT2D eigenvalue weighted by atomic mass is 10.0. The molecule has 0 spiro atoms. The summed E-state index contributed by atoms with van der Waals surface area (Å²) >= 11 is 0. The number of amides is 1. The zero-order chi connectivity index (χ0) is 20.4. The van der Waals surface area contributed by atoms with E-state index in [1.807, 2.05) is 44.2 Å². The van der Waals surface area contributed by atoms with Gasteiger partial charge < -0.3 is 19.4 Å². The number of benzene rings is 1. The van der Waals surface area contributed by atoms with E-state index in [0.29, 0.717) is 22.7 Å². The van der Waals surface area contributed by atoms with E-state index in [1.165, 1.54) is 0 Å². The molecular weight excluding hydrogens is 366 g/mol. The number of nitrogens with zero attached hydrogens (tertiary/aromatic N) is 2. The van der Waals surface area contributed by atoms with Crippen LogP contribution in [0.25, 0.3) is 11.0 Å². The first kappa shape index (κ1) is 19.5. The van der Waals surface area contributed by atoms with E-state index in [4.69, 9.17) is 9.15 Å². The zero-order valence-corrected chi connectivity index (χ0v) is 17.1. The molecule has 1 unspecified atom stereocenters. The Morgan fingerprint density at radius 3 is 2.69 bits per heavy atom. The first-order valence-corrected chi connectivity index (χ1v) is 10.1. The van der Waals surface area contributed by atoms with Gasteiger partial charge in [0, 0.05) is 23.8 Å². The number of ether oxygens (including phenoxy) is 1. The van der Waals surface area contributed by atoms with Crippen LogP contribution in [0.2, 0.25) is 0 Å². The monoisotopic (exact) mass is 393 g/mol. The number of hydrogen-bond acceptors (Lipinski definition) is 5. The van der Waals surface area contributed by atoms with Gasteiger partial charge in [-0.1, -0.05) is 0 Å². The summed E-state index contributed by atoms with van der Waals surface area (Å²) in [5, 5.41) is 3.97. The van der Waals surface area contributed by atoms with Crippen LogP contribution in [-0.4, -0.2) is 42.0 Å². The number of rotatable bonds is 5. The van der Waals surface area contributed by atoms with Gasteiger partial charge in [0.25, 0.3) is 5.91 Å². The van der Waals surface area contributed by atoms with Gasteiger partial charge in [-0.15, -0.1) is 0 Å². The number of fused-ring (bicyclic) bond motifs is 1. The third-order valence-corrected chi connectivity index (χ3v) is 5.60. The van der Waals surface area contributed by atoms with Gasteiger partial charge in [0.1, 0.15) is 23.2 Å². The highest BCUT2D eigenvalue weighted by Crippen LogP contribution is 2.31. The summed E-state index contributed by atoms with van der Waals surface area (Å²) in [6, 6.07) is 9.71. The Labute approximate surface area is 170 Å². The van der Waals surface area contributed by atoms with Gasteiger partial charge in [0.05, 0.1) is 5.56 Å². The van der Waals surface area contributed by atoms with Crippen LogP contribution in [0.15, 0.2) is 47.1 Å². The number of furan rings is 1. The smallest absolute Gasteiger partial charge is 0.255 e. The highest BCUT2D eigenvalue weighted by molar-refractivity contribution is 6.07. The largest absolute Gasteiger partial charge is 0.486 e. The Hall–Kier alpha value is -2.86. The molecular formula is C23H27N3O3. The number of piperidine rings is 1. The van der Waals surface area contributed by atoms with Gasteiger partial charge in [-0.2, -0.15) is 0 Å². The Balaban J connectivity index is 1.55. The SMILES string of the molecule is Cc1oc2ccc(OC(C)c3ccncc3)cc2c1C(=O)NC1CCN(C)CC1. The van der Waals surface area contributed by atoms with E-state index in [0.717, 1.165) is 36.9 Å². The van der Waals surface area contributed by atoms with Gasteiger partial charge in [-0.05, 0) is 82.7 Å². The van der Waals surface area contributed by atoms with Crippen molar-refractivity contribution in [2.75, 3.05) is 20.1 Å². The van der Waals surface area contributed by atoms with Gasteiger partial charge in [-0.3, -0.25) is 9.78 Å². The third-order valence-electron chi connectivity index (χ3n) is 5.60. The number of nitrogens with one attached hydrogen (secondary N) is 1. The second-order valence-electron chi connectivity index (χ2n) is 7.78. The van der Waals surface area contributed by atoms with Crippen LogP contribution < -0.4 is 10.1 Å². The Morgan fingerprint density at radius 2 is 1.97 bits per heavy atom. The number of likely N-dealkylation sites (tertiary alicyclic amines) is 1. The molecule has 1 aliphatic rings. The molecule has 0 aliphatic carbocycles. The molecule has 6 heteroatoms. The molecule has 0 saturated carbocycles. The first-order valence-electron chi connectivity index (χ1n) is 10.1. The maximum absolute atomic E-state index is 13.0. The lowest BCUT2D eigenvalue weighted by molar-refractivity contribution is 0.0917. The van der Waals surface area contributed by atoms with Crippen molar-refractivity contribution >= 4 is 16.9 Å². The fourth-order valence-corrected chi connectivity index (χ4v) is 3.87. The number of carbonyl (C=O) groups excluding carboxylic acids is 1. The summed E-state index contributed by atoms with van der Waals surface area (Å²) in [4.78, 5) is 19.3. The zero-order valence-electron chi connectivity index (χ0n) is 17.1. The van der Waals surface area contributed by atoms with Crippen LogP contribution in [0.5, 0.6) is 5.75 Å². The van der Waals surface area contributed by atoms with Crippen molar-refractivity contribution in [2.24, 2.45) is 0 Å². The molecule has 1 aliphatic heterocycles. The normalized spacial score (nSPS) is 16.7. The minimum absolute atomic E-state index is 0.0739. The van der Waals surface area contributed by atoms with Crippen molar-refractivity contribution in [3.8, 4) is 5.75 Å². The number of carbonyl (C=O) groups is 1. The molecule has 3 heterocycles.